The fraction of sp³-hybridized carbons (Fsp3) is 0.647. The molecule has 2 rings (SSSR count). The van der Waals surface area contributed by atoms with E-state index in [-0.39, 0.29) is 0 Å². The van der Waals surface area contributed by atoms with Gasteiger partial charge in [-0.25, -0.2) is 0 Å². The molecule has 0 radical (unpaired) electrons. The largest absolute Gasteiger partial charge is 0.493 e. The molecule has 0 amide bonds. The normalized spacial score (nSPS) is 16.0. The van der Waals surface area contributed by atoms with Crippen molar-refractivity contribution in [2.45, 2.75) is 20.8 Å². The van der Waals surface area contributed by atoms with Gasteiger partial charge in [-0.3, -0.25) is 4.90 Å². The van der Waals surface area contributed by atoms with E-state index in [0.29, 0.717) is 6.61 Å². The first-order chi connectivity index (χ1) is 10.2. The lowest BCUT2D eigenvalue weighted by Crippen LogP contribution is -2.45. The molecule has 0 bridgehead atoms. The highest BCUT2D eigenvalue weighted by atomic mass is 16.5. The number of methoxy groups -OCH3 is 1. The number of hydrogen-bond donors (Lipinski definition) is 0. The van der Waals surface area contributed by atoms with E-state index < -0.39 is 0 Å². The molecule has 1 aliphatic heterocycles. The van der Waals surface area contributed by atoms with Crippen LogP contribution in [0.5, 0.6) is 11.5 Å². The maximum Gasteiger partial charge on any atom is 0.161 e. The molecule has 0 aliphatic carbocycles. The monoisotopic (exact) mass is 294 g/mol. The second kappa shape index (κ2) is 9.64. The molecule has 1 aromatic carbocycles. The maximum absolute atomic E-state index is 5.86. The van der Waals surface area contributed by atoms with Crippen molar-refractivity contribution in [1.29, 1.82) is 0 Å². The van der Waals surface area contributed by atoms with Crippen LogP contribution in [-0.2, 0) is 0 Å². The molecular weight excluding hydrogens is 264 g/mol. The average molecular weight is 294 g/mol. The van der Waals surface area contributed by atoms with Crippen molar-refractivity contribution in [3.8, 4) is 11.5 Å². The summed E-state index contributed by atoms with van der Waals surface area (Å²) in [6.45, 7) is 12.3. The first-order valence-electron chi connectivity index (χ1n) is 7.87. The zero-order valence-electron chi connectivity index (χ0n) is 14.2. The first-order valence-corrected chi connectivity index (χ1v) is 7.87. The Bertz CT molecular complexity index is 402. The summed E-state index contributed by atoms with van der Waals surface area (Å²) in [7, 11) is 3.85. The number of hydrogen-bond acceptors (Lipinski definition) is 4. The molecule has 0 atom stereocenters. The Hall–Kier alpha value is -1.26. The quantitative estimate of drug-likeness (QED) is 0.833. The molecule has 0 N–H and O–H groups in total. The second-order valence-electron chi connectivity index (χ2n) is 5.15. The van der Waals surface area contributed by atoms with Gasteiger partial charge in [-0.15, -0.1) is 0 Å². The third kappa shape index (κ3) is 5.94. The molecule has 21 heavy (non-hydrogen) atoms. The summed E-state index contributed by atoms with van der Waals surface area (Å²) in [5.74, 6) is 1.65. The molecular formula is C17H30N2O2. The molecule has 1 heterocycles. The van der Waals surface area contributed by atoms with Gasteiger partial charge in [0, 0.05) is 32.7 Å². The number of likely N-dealkylation sites (N-methyl/N-ethyl adjacent to an activating group) is 1. The van der Waals surface area contributed by atoms with Crippen molar-refractivity contribution < 1.29 is 9.47 Å². The number of aryl methyl sites for hydroxylation is 1. The Morgan fingerprint density at radius 1 is 1.05 bits per heavy atom. The summed E-state index contributed by atoms with van der Waals surface area (Å²) in [6, 6.07) is 6.02. The fourth-order valence-electron chi connectivity index (χ4n) is 2.25. The van der Waals surface area contributed by atoms with Crippen LogP contribution in [0.25, 0.3) is 0 Å². The van der Waals surface area contributed by atoms with Gasteiger partial charge in [0.25, 0.3) is 0 Å². The van der Waals surface area contributed by atoms with Crippen molar-refractivity contribution in [1.82, 2.24) is 9.80 Å². The van der Waals surface area contributed by atoms with Crippen LogP contribution in [0.15, 0.2) is 18.2 Å². The van der Waals surface area contributed by atoms with E-state index in [1.165, 1.54) is 5.56 Å². The molecule has 0 saturated carbocycles. The highest BCUT2D eigenvalue weighted by molar-refractivity contribution is 5.42. The van der Waals surface area contributed by atoms with Gasteiger partial charge in [0.05, 0.1) is 7.11 Å². The van der Waals surface area contributed by atoms with Crippen LogP contribution in [0.2, 0.25) is 0 Å². The minimum atomic E-state index is 0.712. The second-order valence-corrected chi connectivity index (χ2v) is 5.15. The summed E-state index contributed by atoms with van der Waals surface area (Å²) in [4.78, 5) is 4.81. The molecule has 1 aromatic rings. The van der Waals surface area contributed by atoms with Gasteiger partial charge in [-0.2, -0.15) is 0 Å². The van der Waals surface area contributed by atoms with Crippen molar-refractivity contribution >= 4 is 0 Å². The van der Waals surface area contributed by atoms with Gasteiger partial charge in [-0.1, -0.05) is 19.9 Å². The standard InChI is InChI=1S/C15H24N2O2.C2H6/c1-13-4-5-14(18-3)15(12-13)19-11-10-17-8-6-16(2)7-9-17;1-2/h4-5,12H,6-11H2,1-3H3;1-2H3. The number of piperazine rings is 1. The molecule has 0 spiro atoms. The lowest BCUT2D eigenvalue weighted by atomic mass is 10.2. The third-order valence-corrected chi connectivity index (χ3v) is 3.58. The van der Waals surface area contributed by atoms with E-state index in [4.69, 9.17) is 9.47 Å². The number of ether oxygens (including phenoxy) is 2. The summed E-state index contributed by atoms with van der Waals surface area (Å²) < 4.78 is 11.2. The first kappa shape index (κ1) is 17.8. The van der Waals surface area contributed by atoms with E-state index in [0.717, 1.165) is 44.2 Å². The zero-order chi connectivity index (χ0) is 15.7. The number of nitrogens with zero attached hydrogens (tertiary/aromatic N) is 2. The Balaban J connectivity index is 0.00000106. The lowest BCUT2D eigenvalue weighted by Gasteiger charge is -2.32. The molecule has 4 nitrogen and oxygen atoms in total. The minimum Gasteiger partial charge on any atom is -0.493 e. The zero-order valence-corrected chi connectivity index (χ0v) is 14.2. The van der Waals surface area contributed by atoms with Crippen LogP contribution < -0.4 is 9.47 Å². The van der Waals surface area contributed by atoms with Gasteiger partial charge in [-0.05, 0) is 31.7 Å². The molecule has 0 unspecified atom stereocenters. The molecule has 1 aliphatic rings. The number of rotatable bonds is 5. The van der Waals surface area contributed by atoms with Crippen LogP contribution >= 0.6 is 0 Å². The van der Waals surface area contributed by atoms with Gasteiger partial charge in [0.2, 0.25) is 0 Å². The highest BCUT2D eigenvalue weighted by Crippen LogP contribution is 2.27. The fourth-order valence-corrected chi connectivity index (χ4v) is 2.25. The van der Waals surface area contributed by atoms with E-state index in [9.17, 15) is 0 Å². The van der Waals surface area contributed by atoms with E-state index in [1.54, 1.807) is 7.11 Å². The van der Waals surface area contributed by atoms with Crippen LogP contribution in [0.3, 0.4) is 0 Å². The third-order valence-electron chi connectivity index (χ3n) is 3.58. The van der Waals surface area contributed by atoms with Crippen molar-refractivity contribution in [2.24, 2.45) is 0 Å². The maximum atomic E-state index is 5.86. The Labute approximate surface area is 129 Å². The van der Waals surface area contributed by atoms with Crippen molar-refractivity contribution in [2.75, 3.05) is 53.5 Å². The van der Waals surface area contributed by atoms with Gasteiger partial charge in [0.15, 0.2) is 11.5 Å². The van der Waals surface area contributed by atoms with Crippen LogP contribution in [0.1, 0.15) is 19.4 Å². The Kier molecular flexibility index (Phi) is 8.16. The average Bonchev–Trinajstić information content (AvgIpc) is 2.51. The molecule has 0 aromatic heterocycles. The predicted octanol–water partition coefficient (Wildman–Crippen LogP) is 2.66. The molecule has 4 heteroatoms. The topological polar surface area (TPSA) is 24.9 Å². The molecule has 120 valence electrons. The van der Waals surface area contributed by atoms with E-state index >= 15 is 0 Å². The van der Waals surface area contributed by atoms with Crippen molar-refractivity contribution in [3.05, 3.63) is 23.8 Å². The summed E-state index contributed by atoms with van der Waals surface area (Å²) >= 11 is 0. The van der Waals surface area contributed by atoms with E-state index in [1.807, 2.05) is 32.0 Å². The van der Waals surface area contributed by atoms with Crippen LogP contribution in [0.4, 0.5) is 0 Å². The van der Waals surface area contributed by atoms with Gasteiger partial charge >= 0.3 is 0 Å². The Morgan fingerprint density at radius 3 is 2.33 bits per heavy atom. The Morgan fingerprint density at radius 2 is 1.71 bits per heavy atom. The molecule has 1 saturated heterocycles. The smallest absolute Gasteiger partial charge is 0.161 e. The SMILES string of the molecule is CC.COc1ccc(C)cc1OCCN1CCN(C)CC1. The van der Waals surface area contributed by atoms with Crippen LogP contribution in [-0.4, -0.2) is 63.3 Å². The minimum absolute atomic E-state index is 0.712. The molecule has 1 fully saturated rings. The predicted molar refractivity (Wildman–Crippen MR) is 88.5 cm³/mol. The van der Waals surface area contributed by atoms with Gasteiger partial charge in [0.1, 0.15) is 6.61 Å². The van der Waals surface area contributed by atoms with Crippen LogP contribution in [0, 0.1) is 6.92 Å². The summed E-state index contributed by atoms with van der Waals surface area (Å²) in [5.41, 5.74) is 1.19. The van der Waals surface area contributed by atoms with Crippen molar-refractivity contribution in [3.63, 3.8) is 0 Å². The van der Waals surface area contributed by atoms with E-state index in [2.05, 4.69) is 23.8 Å². The highest BCUT2D eigenvalue weighted by Gasteiger charge is 2.13. The lowest BCUT2D eigenvalue weighted by molar-refractivity contribution is 0.133. The summed E-state index contributed by atoms with van der Waals surface area (Å²) in [5, 5.41) is 0. The summed E-state index contributed by atoms with van der Waals surface area (Å²) in [6.07, 6.45) is 0. The van der Waals surface area contributed by atoms with Gasteiger partial charge < -0.3 is 14.4 Å². The number of benzene rings is 1.